The minimum atomic E-state index is -0.372. The Bertz CT molecular complexity index is 718. The Labute approximate surface area is 139 Å². The number of ether oxygens (including phenoxy) is 1. The lowest BCUT2D eigenvalue weighted by Gasteiger charge is -2.08. The maximum Gasteiger partial charge on any atom is 0.261 e. The molecular formula is C17H17N3O2S. The van der Waals surface area contributed by atoms with Gasteiger partial charge in [-0.15, -0.1) is 11.3 Å². The fourth-order valence-corrected chi connectivity index (χ4v) is 2.37. The summed E-state index contributed by atoms with van der Waals surface area (Å²) in [4.78, 5) is 16.1. The highest BCUT2D eigenvalue weighted by atomic mass is 32.1. The van der Waals surface area contributed by atoms with Crippen molar-refractivity contribution in [2.75, 3.05) is 6.54 Å². The fourth-order valence-electron chi connectivity index (χ4n) is 1.83. The van der Waals surface area contributed by atoms with Crippen molar-refractivity contribution in [1.29, 1.82) is 5.26 Å². The van der Waals surface area contributed by atoms with Crippen molar-refractivity contribution in [2.45, 2.75) is 20.0 Å². The Morgan fingerprint density at radius 2 is 2.30 bits per heavy atom. The summed E-state index contributed by atoms with van der Waals surface area (Å²) >= 11 is 1.51. The predicted molar refractivity (Wildman–Crippen MR) is 89.8 cm³/mol. The van der Waals surface area contributed by atoms with Crippen molar-refractivity contribution in [3.8, 4) is 11.8 Å². The zero-order chi connectivity index (χ0) is 16.5. The summed E-state index contributed by atoms with van der Waals surface area (Å²) in [6.07, 6.45) is 2.36. The number of benzene rings is 1. The van der Waals surface area contributed by atoms with Gasteiger partial charge in [0.1, 0.15) is 24.0 Å². The molecule has 0 unspecified atom stereocenters. The highest BCUT2D eigenvalue weighted by Crippen LogP contribution is 2.22. The van der Waals surface area contributed by atoms with Crippen LogP contribution < -0.4 is 10.1 Å². The Morgan fingerprint density at radius 1 is 1.48 bits per heavy atom. The molecule has 0 saturated carbocycles. The first-order chi connectivity index (χ1) is 11.2. The number of aromatic nitrogens is 1. The van der Waals surface area contributed by atoms with Gasteiger partial charge in [-0.25, -0.2) is 4.98 Å². The molecule has 6 heteroatoms. The number of carbonyl (C=O) groups is 1. The summed E-state index contributed by atoms with van der Waals surface area (Å²) in [6, 6.07) is 9.23. The van der Waals surface area contributed by atoms with Crippen LogP contribution >= 0.6 is 11.3 Å². The molecular weight excluding hydrogens is 310 g/mol. The number of rotatable bonds is 7. The zero-order valence-corrected chi connectivity index (χ0v) is 13.6. The summed E-state index contributed by atoms with van der Waals surface area (Å²) in [5.74, 6) is 0.236. The molecule has 1 amide bonds. The molecule has 0 spiro atoms. The molecule has 118 valence electrons. The van der Waals surface area contributed by atoms with Crippen LogP contribution in [0, 0.1) is 11.3 Å². The minimum Gasteiger partial charge on any atom is -0.487 e. The second-order valence-electron chi connectivity index (χ2n) is 4.73. The molecule has 2 aromatic rings. The van der Waals surface area contributed by atoms with E-state index in [1.807, 2.05) is 30.5 Å². The van der Waals surface area contributed by atoms with Gasteiger partial charge in [0.05, 0.1) is 11.2 Å². The molecule has 0 aliphatic rings. The van der Waals surface area contributed by atoms with Gasteiger partial charge in [-0.2, -0.15) is 5.26 Å². The van der Waals surface area contributed by atoms with Crippen molar-refractivity contribution in [3.05, 3.63) is 52.0 Å². The third-order valence-electron chi connectivity index (χ3n) is 2.98. The van der Waals surface area contributed by atoms with E-state index in [2.05, 4.69) is 10.3 Å². The summed E-state index contributed by atoms with van der Waals surface area (Å²) in [5, 5.41) is 13.8. The van der Waals surface area contributed by atoms with Gasteiger partial charge >= 0.3 is 0 Å². The lowest BCUT2D eigenvalue weighted by molar-refractivity contribution is -0.117. The number of nitriles is 1. The van der Waals surface area contributed by atoms with Gasteiger partial charge in [-0.3, -0.25) is 4.79 Å². The van der Waals surface area contributed by atoms with E-state index in [0.717, 1.165) is 12.1 Å². The number of para-hydroxylation sites is 1. The Hall–Kier alpha value is -2.65. The molecule has 0 aliphatic heterocycles. The SMILES string of the molecule is CCCNC(=O)/C(C#N)=C/c1ccccc1OCc1cscn1. The van der Waals surface area contributed by atoms with E-state index in [1.165, 1.54) is 11.3 Å². The van der Waals surface area contributed by atoms with Gasteiger partial charge in [-0.05, 0) is 18.6 Å². The van der Waals surface area contributed by atoms with Crippen LogP contribution in [-0.2, 0) is 11.4 Å². The van der Waals surface area contributed by atoms with Crippen molar-refractivity contribution >= 4 is 23.3 Å². The third-order valence-corrected chi connectivity index (χ3v) is 3.61. The molecule has 1 N–H and O–H groups in total. The van der Waals surface area contributed by atoms with Gasteiger partial charge in [0.25, 0.3) is 5.91 Å². The lowest BCUT2D eigenvalue weighted by Crippen LogP contribution is -2.25. The van der Waals surface area contributed by atoms with Gasteiger partial charge in [0, 0.05) is 17.5 Å². The van der Waals surface area contributed by atoms with Crippen LogP contribution in [0.2, 0.25) is 0 Å². The van der Waals surface area contributed by atoms with Crippen molar-refractivity contribution in [1.82, 2.24) is 10.3 Å². The average molecular weight is 327 g/mol. The second kappa shape index (κ2) is 8.71. The smallest absolute Gasteiger partial charge is 0.261 e. The number of hydrogen-bond acceptors (Lipinski definition) is 5. The third kappa shape index (κ3) is 4.94. The first kappa shape index (κ1) is 16.7. The number of hydrogen-bond donors (Lipinski definition) is 1. The lowest BCUT2D eigenvalue weighted by atomic mass is 10.1. The molecule has 2 rings (SSSR count). The predicted octanol–water partition coefficient (Wildman–Crippen LogP) is 3.16. The van der Waals surface area contributed by atoms with Crippen LogP contribution in [0.5, 0.6) is 5.75 Å². The Balaban J connectivity index is 2.16. The topological polar surface area (TPSA) is 75.0 Å². The molecule has 0 fully saturated rings. The van der Waals surface area contributed by atoms with Crippen molar-refractivity contribution in [3.63, 3.8) is 0 Å². The second-order valence-corrected chi connectivity index (χ2v) is 5.45. The number of amides is 1. The maximum atomic E-state index is 11.9. The highest BCUT2D eigenvalue weighted by Gasteiger charge is 2.10. The van der Waals surface area contributed by atoms with E-state index in [1.54, 1.807) is 23.7 Å². The van der Waals surface area contributed by atoms with Crippen molar-refractivity contribution in [2.24, 2.45) is 0 Å². The largest absolute Gasteiger partial charge is 0.487 e. The molecule has 0 saturated heterocycles. The van der Waals surface area contributed by atoms with Crippen LogP contribution in [0.15, 0.2) is 40.7 Å². The Kier molecular flexibility index (Phi) is 6.33. The molecule has 0 atom stereocenters. The van der Waals surface area contributed by atoms with E-state index < -0.39 is 0 Å². The molecule has 0 aliphatic carbocycles. The summed E-state index contributed by atoms with van der Waals surface area (Å²) in [7, 11) is 0. The highest BCUT2D eigenvalue weighted by molar-refractivity contribution is 7.07. The zero-order valence-electron chi connectivity index (χ0n) is 12.8. The van der Waals surface area contributed by atoms with Gasteiger partial charge < -0.3 is 10.1 Å². The maximum absolute atomic E-state index is 11.9. The van der Waals surface area contributed by atoms with E-state index in [-0.39, 0.29) is 11.5 Å². The quantitative estimate of drug-likeness (QED) is 0.626. The Morgan fingerprint density at radius 3 is 3.00 bits per heavy atom. The number of carbonyl (C=O) groups excluding carboxylic acids is 1. The average Bonchev–Trinajstić information content (AvgIpc) is 3.10. The van der Waals surface area contributed by atoms with Crippen LogP contribution in [0.3, 0.4) is 0 Å². The first-order valence-corrected chi connectivity index (χ1v) is 8.17. The van der Waals surface area contributed by atoms with E-state index in [4.69, 9.17) is 4.74 Å². The molecule has 5 nitrogen and oxygen atoms in total. The monoisotopic (exact) mass is 327 g/mol. The molecule has 0 bridgehead atoms. The summed E-state index contributed by atoms with van der Waals surface area (Å²) < 4.78 is 5.75. The standard InChI is InChI=1S/C17H17N3O2S/c1-2-7-19-17(21)14(9-18)8-13-5-3-4-6-16(13)22-10-15-11-23-12-20-15/h3-6,8,11-12H,2,7,10H2,1H3,(H,19,21)/b14-8+. The van der Waals surface area contributed by atoms with Gasteiger partial charge in [-0.1, -0.05) is 25.1 Å². The van der Waals surface area contributed by atoms with Crippen LogP contribution in [0.1, 0.15) is 24.6 Å². The summed E-state index contributed by atoms with van der Waals surface area (Å²) in [6.45, 7) is 2.84. The van der Waals surface area contributed by atoms with Crippen molar-refractivity contribution < 1.29 is 9.53 Å². The molecule has 1 aromatic carbocycles. The number of nitrogens with zero attached hydrogens (tertiary/aromatic N) is 2. The molecule has 23 heavy (non-hydrogen) atoms. The van der Waals surface area contributed by atoms with Crippen LogP contribution in [0.4, 0.5) is 0 Å². The summed E-state index contributed by atoms with van der Waals surface area (Å²) in [5.41, 5.74) is 3.33. The van der Waals surface area contributed by atoms with Gasteiger partial charge in [0.15, 0.2) is 0 Å². The van der Waals surface area contributed by atoms with Gasteiger partial charge in [0.2, 0.25) is 0 Å². The van der Waals surface area contributed by atoms with Crippen LogP contribution in [0.25, 0.3) is 6.08 Å². The normalized spacial score (nSPS) is 10.9. The van der Waals surface area contributed by atoms with E-state index >= 15 is 0 Å². The van der Waals surface area contributed by atoms with E-state index in [0.29, 0.717) is 24.5 Å². The fraction of sp³-hybridized carbons (Fsp3) is 0.235. The first-order valence-electron chi connectivity index (χ1n) is 7.23. The minimum absolute atomic E-state index is 0.0585. The number of thiazole rings is 1. The van der Waals surface area contributed by atoms with E-state index in [9.17, 15) is 10.1 Å². The molecule has 1 aromatic heterocycles. The van der Waals surface area contributed by atoms with Crippen LogP contribution in [-0.4, -0.2) is 17.4 Å². The number of nitrogens with one attached hydrogen (secondary N) is 1. The molecule has 1 heterocycles. The molecule has 0 radical (unpaired) electrons.